The number of nitrogens with zero attached hydrogens (tertiary/aromatic N) is 1. The number of rotatable bonds is 2. The van der Waals surface area contributed by atoms with Crippen LogP contribution in [0.5, 0.6) is 0 Å². The van der Waals surface area contributed by atoms with Gasteiger partial charge in [-0.05, 0) is 12.1 Å². The summed E-state index contributed by atoms with van der Waals surface area (Å²) in [7, 11) is 0. The molecule has 64 valence electrons. The minimum absolute atomic E-state index is 0.174. The van der Waals surface area contributed by atoms with Crippen LogP contribution in [0.2, 0.25) is 5.02 Å². The molecule has 4 nitrogen and oxygen atoms in total. The van der Waals surface area contributed by atoms with Crippen LogP contribution in [0.15, 0.2) is 18.3 Å². The van der Waals surface area contributed by atoms with Crippen LogP contribution in [0, 0.1) is 0 Å². The lowest BCUT2D eigenvalue weighted by Crippen LogP contribution is -2.26. The summed E-state index contributed by atoms with van der Waals surface area (Å²) in [6.45, 7) is 1.41. The van der Waals surface area contributed by atoms with Gasteiger partial charge in [0, 0.05) is 13.1 Å². The molecule has 12 heavy (non-hydrogen) atoms. The van der Waals surface area contributed by atoms with Gasteiger partial charge in [0.25, 0.3) is 0 Å². The molecule has 1 rings (SSSR count). The van der Waals surface area contributed by atoms with E-state index in [-0.39, 0.29) is 5.91 Å². The van der Waals surface area contributed by atoms with Crippen molar-refractivity contribution in [3.63, 3.8) is 0 Å². The molecule has 0 saturated heterocycles. The first-order valence-corrected chi connectivity index (χ1v) is 3.70. The Morgan fingerprint density at radius 3 is 2.83 bits per heavy atom. The van der Waals surface area contributed by atoms with Crippen molar-refractivity contribution in [2.75, 3.05) is 5.43 Å². The molecule has 0 aliphatic heterocycles. The van der Waals surface area contributed by atoms with Crippen molar-refractivity contribution in [3.05, 3.63) is 23.4 Å². The number of anilines is 1. The zero-order valence-corrected chi connectivity index (χ0v) is 7.22. The number of hydrogen-bond acceptors (Lipinski definition) is 3. The summed E-state index contributed by atoms with van der Waals surface area (Å²) in [5.41, 5.74) is 4.99. The Morgan fingerprint density at radius 2 is 2.33 bits per heavy atom. The molecule has 1 aromatic heterocycles. The Balaban J connectivity index is 2.53. The van der Waals surface area contributed by atoms with E-state index in [1.54, 1.807) is 12.1 Å². The van der Waals surface area contributed by atoms with Gasteiger partial charge in [-0.2, -0.15) is 0 Å². The molecule has 0 aliphatic carbocycles. The molecule has 1 aromatic rings. The highest BCUT2D eigenvalue weighted by Gasteiger charge is 1.93. The number of halogens is 1. The fourth-order valence-corrected chi connectivity index (χ4v) is 0.714. The number of carbonyl (C=O) groups is 1. The lowest BCUT2D eigenvalue weighted by Gasteiger charge is -2.03. The molecule has 0 saturated carbocycles. The van der Waals surface area contributed by atoms with Crippen LogP contribution in [0.1, 0.15) is 6.92 Å². The largest absolute Gasteiger partial charge is 0.282 e. The first-order chi connectivity index (χ1) is 5.68. The quantitative estimate of drug-likeness (QED) is 0.681. The van der Waals surface area contributed by atoms with Gasteiger partial charge in [-0.25, -0.2) is 4.98 Å². The van der Waals surface area contributed by atoms with Gasteiger partial charge in [-0.3, -0.25) is 15.6 Å². The third-order valence-corrected chi connectivity index (χ3v) is 1.32. The van der Waals surface area contributed by atoms with Gasteiger partial charge in [0.05, 0.1) is 5.02 Å². The SMILES string of the molecule is CC(=O)NNc1ccc(Cl)cn1. The van der Waals surface area contributed by atoms with Gasteiger partial charge in [-0.1, -0.05) is 11.6 Å². The second kappa shape index (κ2) is 3.92. The summed E-state index contributed by atoms with van der Waals surface area (Å²) >= 11 is 5.60. The van der Waals surface area contributed by atoms with E-state index in [0.717, 1.165) is 0 Å². The highest BCUT2D eigenvalue weighted by atomic mass is 35.5. The summed E-state index contributed by atoms with van der Waals surface area (Å²) in [6.07, 6.45) is 1.49. The Morgan fingerprint density at radius 1 is 1.58 bits per heavy atom. The van der Waals surface area contributed by atoms with Crippen molar-refractivity contribution in [2.24, 2.45) is 0 Å². The number of hydrazine groups is 1. The second-order valence-corrected chi connectivity index (χ2v) is 2.60. The fraction of sp³-hybridized carbons (Fsp3) is 0.143. The van der Waals surface area contributed by atoms with Crippen LogP contribution < -0.4 is 10.9 Å². The minimum Gasteiger partial charge on any atom is -0.282 e. The van der Waals surface area contributed by atoms with Crippen molar-refractivity contribution in [3.8, 4) is 0 Å². The van der Waals surface area contributed by atoms with E-state index in [0.29, 0.717) is 10.8 Å². The molecule has 0 atom stereocenters. The van der Waals surface area contributed by atoms with Crippen LogP contribution in [-0.2, 0) is 4.79 Å². The summed E-state index contributed by atoms with van der Waals surface area (Å²) in [5, 5.41) is 0.559. The van der Waals surface area contributed by atoms with Crippen LogP contribution >= 0.6 is 11.6 Å². The number of aromatic nitrogens is 1. The zero-order chi connectivity index (χ0) is 8.97. The molecule has 0 bridgehead atoms. The second-order valence-electron chi connectivity index (χ2n) is 2.17. The molecule has 1 amide bonds. The number of hydrogen-bond donors (Lipinski definition) is 2. The highest BCUT2D eigenvalue weighted by Crippen LogP contribution is 2.08. The van der Waals surface area contributed by atoms with E-state index < -0.39 is 0 Å². The third kappa shape index (κ3) is 2.75. The third-order valence-electron chi connectivity index (χ3n) is 1.09. The molecular weight excluding hydrogens is 178 g/mol. The van der Waals surface area contributed by atoms with E-state index in [1.807, 2.05) is 0 Å². The summed E-state index contributed by atoms with van der Waals surface area (Å²) in [5.74, 6) is 0.376. The van der Waals surface area contributed by atoms with Gasteiger partial charge >= 0.3 is 0 Å². The lowest BCUT2D eigenvalue weighted by atomic mass is 10.5. The Bertz CT molecular complexity index is 272. The number of amides is 1. The van der Waals surface area contributed by atoms with Crippen LogP contribution in [0.25, 0.3) is 0 Å². The monoisotopic (exact) mass is 185 g/mol. The number of pyridine rings is 1. The Kier molecular flexibility index (Phi) is 2.88. The maximum absolute atomic E-state index is 10.5. The molecule has 0 aliphatic rings. The topological polar surface area (TPSA) is 54.0 Å². The first kappa shape index (κ1) is 8.80. The maximum Gasteiger partial charge on any atom is 0.235 e. The van der Waals surface area contributed by atoms with Crippen molar-refractivity contribution >= 4 is 23.3 Å². The summed E-state index contributed by atoms with van der Waals surface area (Å²) in [6, 6.07) is 3.34. The van der Waals surface area contributed by atoms with Gasteiger partial charge in [-0.15, -0.1) is 0 Å². The molecule has 5 heteroatoms. The molecule has 0 aromatic carbocycles. The van der Waals surface area contributed by atoms with Crippen molar-refractivity contribution in [1.29, 1.82) is 0 Å². The number of carbonyl (C=O) groups excluding carboxylic acids is 1. The Labute approximate surface area is 74.9 Å². The van der Waals surface area contributed by atoms with Crippen LogP contribution in [0.3, 0.4) is 0 Å². The molecule has 0 radical (unpaired) electrons. The minimum atomic E-state index is -0.174. The van der Waals surface area contributed by atoms with E-state index in [2.05, 4.69) is 15.8 Å². The molecule has 2 N–H and O–H groups in total. The van der Waals surface area contributed by atoms with Gasteiger partial charge in [0.2, 0.25) is 5.91 Å². The molecule has 0 fully saturated rings. The summed E-state index contributed by atoms with van der Waals surface area (Å²) in [4.78, 5) is 14.3. The predicted molar refractivity (Wildman–Crippen MR) is 46.7 cm³/mol. The maximum atomic E-state index is 10.5. The van der Waals surface area contributed by atoms with E-state index in [9.17, 15) is 4.79 Å². The number of nitrogens with one attached hydrogen (secondary N) is 2. The van der Waals surface area contributed by atoms with Crippen molar-refractivity contribution in [1.82, 2.24) is 10.4 Å². The average molecular weight is 186 g/mol. The van der Waals surface area contributed by atoms with E-state index in [4.69, 9.17) is 11.6 Å². The fourth-order valence-electron chi connectivity index (χ4n) is 0.602. The van der Waals surface area contributed by atoms with Crippen molar-refractivity contribution in [2.45, 2.75) is 6.92 Å². The standard InChI is InChI=1S/C7H8ClN3O/c1-5(12)10-11-7-3-2-6(8)4-9-7/h2-4H,1H3,(H,9,11)(H,10,12). The van der Waals surface area contributed by atoms with E-state index >= 15 is 0 Å². The summed E-state index contributed by atoms with van der Waals surface area (Å²) < 4.78 is 0. The normalized spacial score (nSPS) is 9.17. The van der Waals surface area contributed by atoms with Crippen LogP contribution in [0.4, 0.5) is 5.82 Å². The smallest absolute Gasteiger partial charge is 0.235 e. The Hall–Kier alpha value is -1.29. The zero-order valence-electron chi connectivity index (χ0n) is 6.47. The lowest BCUT2D eigenvalue weighted by molar-refractivity contribution is -0.118. The van der Waals surface area contributed by atoms with Gasteiger partial charge < -0.3 is 0 Å². The molecular formula is C7H8ClN3O. The van der Waals surface area contributed by atoms with Gasteiger partial charge in [0.1, 0.15) is 5.82 Å². The van der Waals surface area contributed by atoms with E-state index in [1.165, 1.54) is 13.1 Å². The molecule has 0 spiro atoms. The highest BCUT2D eigenvalue weighted by molar-refractivity contribution is 6.30. The molecule has 1 heterocycles. The van der Waals surface area contributed by atoms with Crippen molar-refractivity contribution < 1.29 is 4.79 Å². The predicted octanol–water partition coefficient (Wildman–Crippen LogP) is 1.20. The molecule has 0 unspecified atom stereocenters. The van der Waals surface area contributed by atoms with Crippen LogP contribution in [-0.4, -0.2) is 10.9 Å². The average Bonchev–Trinajstić information content (AvgIpc) is 2.03. The first-order valence-electron chi connectivity index (χ1n) is 3.32. The van der Waals surface area contributed by atoms with Gasteiger partial charge in [0.15, 0.2) is 0 Å².